The number of carbonyl (C=O) groups is 1. The normalized spacial score (nSPS) is 19.3. The zero-order valence-electron chi connectivity index (χ0n) is 14.8. The molecule has 2 rings (SSSR count). The van der Waals surface area contributed by atoms with Crippen LogP contribution in [0, 0.1) is 0 Å². The van der Waals surface area contributed by atoms with E-state index in [0.29, 0.717) is 6.04 Å². The maximum atomic E-state index is 12.6. The lowest BCUT2D eigenvalue weighted by molar-refractivity contribution is -0.138. The first-order valence-electron chi connectivity index (χ1n) is 8.43. The number of nitrogens with two attached hydrogens (primary N) is 1. The number of hydrogen-bond acceptors (Lipinski definition) is 3. The van der Waals surface area contributed by atoms with Crippen LogP contribution >= 0.6 is 24.0 Å². The fourth-order valence-electron chi connectivity index (χ4n) is 3.25. The highest BCUT2D eigenvalue weighted by atomic mass is 35.5. The Hall–Kier alpha value is -0.810. The summed E-state index contributed by atoms with van der Waals surface area (Å²) in [6.07, 6.45) is 1.65. The van der Waals surface area contributed by atoms with Crippen LogP contribution in [-0.4, -0.2) is 47.4 Å². The first-order chi connectivity index (χ1) is 10.8. The summed E-state index contributed by atoms with van der Waals surface area (Å²) >= 11 is 5.95. The number of rotatable bonds is 5. The first kappa shape index (κ1) is 21.2. The Morgan fingerprint density at radius 3 is 2.29 bits per heavy atom. The van der Waals surface area contributed by atoms with E-state index in [9.17, 15) is 4.79 Å². The number of carbonyl (C=O) groups excluding carboxylic acids is 1. The van der Waals surface area contributed by atoms with Gasteiger partial charge in [-0.25, -0.2) is 0 Å². The smallest absolute Gasteiger partial charge is 0.242 e. The van der Waals surface area contributed by atoms with Gasteiger partial charge >= 0.3 is 0 Å². The van der Waals surface area contributed by atoms with Crippen molar-refractivity contribution < 1.29 is 4.79 Å². The second kappa shape index (κ2) is 9.04. The molecule has 1 aromatic carbocycles. The molecule has 6 heteroatoms. The number of benzene rings is 1. The minimum Gasteiger partial charge on any atom is -0.339 e. The molecule has 0 bridgehead atoms. The number of halogens is 2. The zero-order chi connectivity index (χ0) is 17.0. The van der Waals surface area contributed by atoms with Crippen LogP contribution in [0.25, 0.3) is 0 Å². The molecular formula is C18H29Cl2N3O. The summed E-state index contributed by atoms with van der Waals surface area (Å²) in [5.41, 5.74) is 6.70. The van der Waals surface area contributed by atoms with E-state index in [1.54, 1.807) is 0 Å². The Kier molecular flexibility index (Phi) is 8.00. The van der Waals surface area contributed by atoms with Gasteiger partial charge in [-0.05, 0) is 38.0 Å². The third-order valence-corrected chi connectivity index (χ3v) is 5.01. The number of amides is 1. The number of piperazine rings is 1. The van der Waals surface area contributed by atoms with Gasteiger partial charge in [-0.2, -0.15) is 0 Å². The molecule has 2 N–H and O–H groups in total. The summed E-state index contributed by atoms with van der Waals surface area (Å²) in [6, 6.07) is 8.32. The Labute approximate surface area is 156 Å². The molecule has 136 valence electrons. The van der Waals surface area contributed by atoms with Gasteiger partial charge in [0.1, 0.15) is 0 Å². The maximum absolute atomic E-state index is 12.6. The van der Waals surface area contributed by atoms with Gasteiger partial charge < -0.3 is 10.6 Å². The minimum atomic E-state index is -0.737. The molecule has 1 aliphatic heterocycles. The van der Waals surface area contributed by atoms with Crippen LogP contribution in [0.5, 0.6) is 0 Å². The van der Waals surface area contributed by atoms with E-state index in [-0.39, 0.29) is 18.3 Å². The van der Waals surface area contributed by atoms with Crippen molar-refractivity contribution in [2.45, 2.75) is 45.2 Å². The minimum absolute atomic E-state index is 0. The largest absolute Gasteiger partial charge is 0.339 e. The van der Waals surface area contributed by atoms with E-state index in [1.807, 2.05) is 24.0 Å². The van der Waals surface area contributed by atoms with Gasteiger partial charge in [0.25, 0.3) is 0 Å². The van der Waals surface area contributed by atoms with Gasteiger partial charge in [-0.1, -0.05) is 37.1 Å². The summed E-state index contributed by atoms with van der Waals surface area (Å²) < 4.78 is 0. The SMILES string of the molecule is CCCC(C)(N)C(=O)N1CCN(C(C)c2ccc(Cl)cc2)CC1.Cl. The lowest BCUT2D eigenvalue weighted by Crippen LogP contribution is -2.58. The van der Waals surface area contributed by atoms with Crippen LogP contribution in [0.15, 0.2) is 24.3 Å². The van der Waals surface area contributed by atoms with Crippen molar-refractivity contribution in [3.05, 3.63) is 34.9 Å². The van der Waals surface area contributed by atoms with E-state index >= 15 is 0 Å². The van der Waals surface area contributed by atoms with E-state index in [4.69, 9.17) is 17.3 Å². The standard InChI is InChI=1S/C18H28ClN3O.ClH/c1-4-9-18(3,20)17(23)22-12-10-21(11-13-22)14(2)15-5-7-16(19)8-6-15;/h5-8,14H,4,9-13,20H2,1-3H3;1H. The summed E-state index contributed by atoms with van der Waals surface area (Å²) in [7, 11) is 0. The van der Waals surface area contributed by atoms with Gasteiger partial charge in [-0.15, -0.1) is 12.4 Å². The second-order valence-electron chi connectivity index (χ2n) is 6.72. The molecule has 0 saturated carbocycles. The molecule has 1 fully saturated rings. The molecule has 24 heavy (non-hydrogen) atoms. The molecule has 2 unspecified atom stereocenters. The third kappa shape index (κ3) is 5.09. The lowest BCUT2D eigenvalue weighted by Gasteiger charge is -2.40. The molecule has 4 nitrogen and oxygen atoms in total. The van der Waals surface area contributed by atoms with Crippen molar-refractivity contribution in [1.29, 1.82) is 0 Å². The summed E-state index contributed by atoms with van der Waals surface area (Å²) in [5, 5.41) is 0.759. The van der Waals surface area contributed by atoms with Gasteiger partial charge in [0.05, 0.1) is 5.54 Å². The van der Waals surface area contributed by atoms with E-state index in [0.717, 1.165) is 44.0 Å². The number of nitrogens with zero attached hydrogens (tertiary/aromatic N) is 2. The predicted molar refractivity (Wildman–Crippen MR) is 103 cm³/mol. The van der Waals surface area contributed by atoms with Crippen LogP contribution in [0.1, 0.15) is 45.2 Å². The molecule has 0 radical (unpaired) electrons. The predicted octanol–water partition coefficient (Wildman–Crippen LogP) is 3.48. The van der Waals surface area contributed by atoms with Gasteiger partial charge in [-0.3, -0.25) is 9.69 Å². The van der Waals surface area contributed by atoms with Crippen LogP contribution < -0.4 is 5.73 Å². The van der Waals surface area contributed by atoms with Crippen molar-refractivity contribution in [3.8, 4) is 0 Å². The van der Waals surface area contributed by atoms with Gasteiger partial charge in [0.2, 0.25) is 5.91 Å². The van der Waals surface area contributed by atoms with Crippen molar-refractivity contribution in [2.24, 2.45) is 5.73 Å². The highest BCUT2D eigenvalue weighted by Crippen LogP contribution is 2.24. The molecule has 0 aromatic heterocycles. The molecule has 1 saturated heterocycles. The summed E-state index contributed by atoms with van der Waals surface area (Å²) in [4.78, 5) is 16.9. The Morgan fingerprint density at radius 1 is 1.25 bits per heavy atom. The Bertz CT molecular complexity index is 526. The monoisotopic (exact) mass is 373 g/mol. The summed E-state index contributed by atoms with van der Waals surface area (Å²) in [5.74, 6) is 0.0816. The fourth-order valence-corrected chi connectivity index (χ4v) is 3.38. The van der Waals surface area contributed by atoms with Crippen molar-refractivity contribution in [3.63, 3.8) is 0 Å². The van der Waals surface area contributed by atoms with Crippen LogP contribution in [0.3, 0.4) is 0 Å². The molecular weight excluding hydrogens is 345 g/mol. The van der Waals surface area contributed by atoms with E-state index in [1.165, 1.54) is 5.56 Å². The highest BCUT2D eigenvalue weighted by Gasteiger charge is 2.34. The molecule has 1 heterocycles. The van der Waals surface area contributed by atoms with Crippen molar-refractivity contribution in [2.75, 3.05) is 26.2 Å². The molecule has 1 aliphatic rings. The molecule has 1 aromatic rings. The Morgan fingerprint density at radius 2 is 1.79 bits per heavy atom. The second-order valence-corrected chi connectivity index (χ2v) is 7.16. The van der Waals surface area contributed by atoms with Crippen molar-refractivity contribution >= 4 is 29.9 Å². The quantitative estimate of drug-likeness (QED) is 0.859. The zero-order valence-corrected chi connectivity index (χ0v) is 16.4. The van der Waals surface area contributed by atoms with Crippen molar-refractivity contribution in [1.82, 2.24) is 9.80 Å². The van der Waals surface area contributed by atoms with E-state index < -0.39 is 5.54 Å². The topological polar surface area (TPSA) is 49.6 Å². The van der Waals surface area contributed by atoms with Crippen LogP contribution in [0.2, 0.25) is 5.02 Å². The molecule has 0 spiro atoms. The fraction of sp³-hybridized carbons (Fsp3) is 0.611. The third-order valence-electron chi connectivity index (χ3n) is 4.76. The molecule has 0 aliphatic carbocycles. The van der Waals surface area contributed by atoms with Gasteiger partial charge in [0.15, 0.2) is 0 Å². The molecule has 1 amide bonds. The molecule has 2 atom stereocenters. The lowest BCUT2D eigenvalue weighted by atomic mass is 9.95. The Balaban J connectivity index is 0.00000288. The number of hydrogen-bond donors (Lipinski definition) is 1. The average molecular weight is 374 g/mol. The first-order valence-corrected chi connectivity index (χ1v) is 8.80. The van der Waals surface area contributed by atoms with E-state index in [2.05, 4.69) is 30.9 Å². The van der Waals surface area contributed by atoms with Gasteiger partial charge in [0, 0.05) is 37.2 Å². The maximum Gasteiger partial charge on any atom is 0.242 e. The average Bonchev–Trinajstić information content (AvgIpc) is 2.54. The van der Waals surface area contributed by atoms with Crippen LogP contribution in [-0.2, 0) is 4.79 Å². The van der Waals surface area contributed by atoms with Crippen LogP contribution in [0.4, 0.5) is 0 Å². The summed E-state index contributed by atoms with van der Waals surface area (Å²) in [6.45, 7) is 9.34. The highest BCUT2D eigenvalue weighted by molar-refractivity contribution is 6.30.